The van der Waals surface area contributed by atoms with Gasteiger partial charge in [-0.05, 0) is 25.3 Å². The molecule has 1 saturated heterocycles. The lowest BCUT2D eigenvalue weighted by Gasteiger charge is -2.27. The lowest BCUT2D eigenvalue weighted by atomic mass is 10.1. The topological polar surface area (TPSA) is 63.7 Å². The first-order chi connectivity index (χ1) is 9.25. The molecule has 1 fully saturated rings. The third kappa shape index (κ3) is 5.70. The smallest absolute Gasteiger partial charge is 0.213 e. The molecular formula is C13H20ClIN4O. The van der Waals surface area contributed by atoms with Gasteiger partial charge in [-0.25, -0.2) is 9.98 Å². The number of ether oxygens (including phenoxy) is 1. The fourth-order valence-electron chi connectivity index (χ4n) is 1.98. The van der Waals surface area contributed by atoms with Crippen molar-refractivity contribution in [2.75, 3.05) is 26.2 Å². The van der Waals surface area contributed by atoms with E-state index in [9.17, 15) is 0 Å². The quantitative estimate of drug-likeness (QED) is 0.359. The zero-order valence-corrected chi connectivity index (χ0v) is 14.4. The van der Waals surface area contributed by atoms with Crippen LogP contribution in [-0.2, 0) is 0 Å². The maximum Gasteiger partial charge on any atom is 0.213 e. The minimum atomic E-state index is 0. The molecule has 0 saturated carbocycles. The number of rotatable bonds is 4. The number of nitrogens with zero attached hydrogens (tertiary/aromatic N) is 3. The van der Waals surface area contributed by atoms with Crippen LogP contribution in [0.15, 0.2) is 23.3 Å². The number of guanidine groups is 1. The van der Waals surface area contributed by atoms with Gasteiger partial charge in [0.05, 0.1) is 11.6 Å². The Morgan fingerprint density at radius 3 is 2.75 bits per heavy atom. The molecule has 1 aliphatic heterocycles. The monoisotopic (exact) mass is 410 g/mol. The highest BCUT2D eigenvalue weighted by molar-refractivity contribution is 14.0. The normalized spacial score (nSPS) is 15.7. The van der Waals surface area contributed by atoms with Crippen molar-refractivity contribution in [3.8, 4) is 5.88 Å². The maximum atomic E-state index is 5.94. The Bertz CT molecular complexity index is 421. The van der Waals surface area contributed by atoms with E-state index in [1.807, 2.05) is 0 Å². The average Bonchev–Trinajstić information content (AvgIpc) is 2.46. The zero-order chi connectivity index (χ0) is 13.5. The van der Waals surface area contributed by atoms with Gasteiger partial charge in [-0.3, -0.25) is 0 Å². The number of hydrogen-bond acceptors (Lipinski definition) is 3. The lowest BCUT2D eigenvalue weighted by Crippen LogP contribution is -2.41. The van der Waals surface area contributed by atoms with Crippen LogP contribution in [0.3, 0.4) is 0 Å². The molecule has 0 aromatic carbocycles. The third-order valence-corrected chi connectivity index (χ3v) is 3.22. The third-order valence-electron chi connectivity index (χ3n) is 3.00. The number of halogens is 2. The van der Waals surface area contributed by atoms with E-state index in [1.54, 1.807) is 18.3 Å². The molecule has 0 amide bonds. The number of hydrogen-bond donors (Lipinski definition) is 1. The van der Waals surface area contributed by atoms with Crippen LogP contribution >= 0.6 is 35.6 Å². The fourth-order valence-corrected chi connectivity index (χ4v) is 2.09. The average molecular weight is 411 g/mol. The second kappa shape index (κ2) is 9.23. The summed E-state index contributed by atoms with van der Waals surface area (Å²) in [6.07, 6.45) is 5.24. The van der Waals surface area contributed by atoms with E-state index < -0.39 is 0 Å². The van der Waals surface area contributed by atoms with E-state index in [2.05, 4.69) is 14.9 Å². The van der Waals surface area contributed by atoms with Crippen LogP contribution < -0.4 is 10.5 Å². The van der Waals surface area contributed by atoms with Crippen LogP contribution in [0.2, 0.25) is 5.02 Å². The van der Waals surface area contributed by atoms with Crippen molar-refractivity contribution >= 4 is 41.5 Å². The van der Waals surface area contributed by atoms with Crippen molar-refractivity contribution in [2.45, 2.75) is 19.3 Å². The van der Waals surface area contributed by atoms with Crippen LogP contribution in [0.5, 0.6) is 5.88 Å². The Morgan fingerprint density at radius 1 is 1.35 bits per heavy atom. The Labute approximate surface area is 141 Å². The summed E-state index contributed by atoms with van der Waals surface area (Å²) in [5.41, 5.74) is 5.94. The molecule has 1 aromatic rings. The summed E-state index contributed by atoms with van der Waals surface area (Å²) in [7, 11) is 0. The standard InChI is InChI=1S/C13H19ClN4O.HI/c14-11-4-5-12(17-10-11)19-9-6-16-13(15)18-7-2-1-3-8-18;/h4-5,10H,1-3,6-9H2,(H2,15,16);1H. The van der Waals surface area contributed by atoms with Gasteiger partial charge in [-0.1, -0.05) is 11.6 Å². The van der Waals surface area contributed by atoms with Crippen molar-refractivity contribution in [2.24, 2.45) is 10.7 Å². The summed E-state index contributed by atoms with van der Waals surface area (Å²) in [6.45, 7) is 3.01. The lowest BCUT2D eigenvalue weighted by molar-refractivity contribution is 0.311. The summed E-state index contributed by atoms with van der Waals surface area (Å²) in [4.78, 5) is 10.5. The van der Waals surface area contributed by atoms with Gasteiger partial charge in [0.15, 0.2) is 5.96 Å². The second-order valence-corrected chi connectivity index (χ2v) is 4.89. The largest absolute Gasteiger partial charge is 0.476 e. The van der Waals surface area contributed by atoms with Crippen molar-refractivity contribution in [3.05, 3.63) is 23.4 Å². The van der Waals surface area contributed by atoms with Gasteiger partial charge in [0.1, 0.15) is 6.61 Å². The molecule has 2 heterocycles. The molecule has 0 aliphatic carbocycles. The number of aliphatic imine (C=N–C) groups is 1. The van der Waals surface area contributed by atoms with Crippen molar-refractivity contribution in [3.63, 3.8) is 0 Å². The molecule has 0 unspecified atom stereocenters. The first-order valence-corrected chi connectivity index (χ1v) is 6.93. The van der Waals surface area contributed by atoms with E-state index in [4.69, 9.17) is 22.1 Å². The Balaban J connectivity index is 0.00000200. The van der Waals surface area contributed by atoms with E-state index >= 15 is 0 Å². The highest BCUT2D eigenvalue weighted by atomic mass is 127. The SMILES string of the molecule is I.NC(=NCCOc1ccc(Cl)cn1)N1CCCCC1. The Hall–Kier alpha value is -0.760. The molecule has 1 aromatic heterocycles. The molecule has 7 heteroatoms. The molecule has 0 radical (unpaired) electrons. The summed E-state index contributed by atoms with van der Waals surface area (Å²) in [6, 6.07) is 3.48. The highest BCUT2D eigenvalue weighted by Crippen LogP contribution is 2.11. The van der Waals surface area contributed by atoms with Gasteiger partial charge in [0.25, 0.3) is 0 Å². The molecule has 0 spiro atoms. The van der Waals surface area contributed by atoms with E-state index in [0.717, 1.165) is 13.1 Å². The minimum Gasteiger partial charge on any atom is -0.476 e. The van der Waals surface area contributed by atoms with Crippen molar-refractivity contribution in [1.82, 2.24) is 9.88 Å². The van der Waals surface area contributed by atoms with Gasteiger partial charge < -0.3 is 15.4 Å². The van der Waals surface area contributed by atoms with Crippen LogP contribution in [0, 0.1) is 0 Å². The number of aromatic nitrogens is 1. The molecule has 20 heavy (non-hydrogen) atoms. The molecule has 5 nitrogen and oxygen atoms in total. The van der Waals surface area contributed by atoms with Crippen LogP contribution in [0.1, 0.15) is 19.3 Å². The predicted molar refractivity (Wildman–Crippen MR) is 92.1 cm³/mol. The number of piperidine rings is 1. The van der Waals surface area contributed by atoms with Gasteiger partial charge >= 0.3 is 0 Å². The maximum absolute atomic E-state index is 5.94. The van der Waals surface area contributed by atoms with E-state index in [1.165, 1.54) is 19.3 Å². The molecule has 1 aliphatic rings. The van der Waals surface area contributed by atoms with Crippen LogP contribution in [-0.4, -0.2) is 42.1 Å². The molecular weight excluding hydrogens is 391 g/mol. The van der Waals surface area contributed by atoms with Crippen LogP contribution in [0.25, 0.3) is 0 Å². The van der Waals surface area contributed by atoms with Gasteiger partial charge in [0.2, 0.25) is 5.88 Å². The molecule has 2 N–H and O–H groups in total. The summed E-state index contributed by atoms with van der Waals surface area (Å²) in [5.74, 6) is 1.17. The van der Waals surface area contributed by atoms with Crippen molar-refractivity contribution < 1.29 is 4.74 Å². The van der Waals surface area contributed by atoms with E-state index in [0.29, 0.717) is 30.0 Å². The van der Waals surface area contributed by atoms with Crippen molar-refractivity contribution in [1.29, 1.82) is 0 Å². The number of likely N-dealkylation sites (tertiary alicyclic amines) is 1. The first kappa shape index (κ1) is 17.3. The van der Waals surface area contributed by atoms with E-state index in [-0.39, 0.29) is 24.0 Å². The zero-order valence-electron chi connectivity index (χ0n) is 11.3. The Morgan fingerprint density at radius 2 is 2.10 bits per heavy atom. The minimum absolute atomic E-state index is 0. The molecule has 2 rings (SSSR count). The fraction of sp³-hybridized carbons (Fsp3) is 0.538. The Kier molecular flexibility index (Phi) is 7.98. The van der Waals surface area contributed by atoms with Gasteiger partial charge in [-0.15, -0.1) is 24.0 Å². The summed E-state index contributed by atoms with van der Waals surface area (Å²) in [5, 5.41) is 0.597. The highest BCUT2D eigenvalue weighted by Gasteiger charge is 2.11. The van der Waals surface area contributed by atoms with Crippen LogP contribution in [0.4, 0.5) is 0 Å². The second-order valence-electron chi connectivity index (χ2n) is 4.45. The number of nitrogens with two attached hydrogens (primary N) is 1. The van der Waals surface area contributed by atoms with Gasteiger partial charge in [-0.2, -0.15) is 0 Å². The predicted octanol–water partition coefficient (Wildman–Crippen LogP) is 2.53. The molecule has 112 valence electrons. The molecule has 0 bridgehead atoms. The summed E-state index contributed by atoms with van der Waals surface area (Å²) >= 11 is 5.74. The van der Waals surface area contributed by atoms with Gasteiger partial charge in [0, 0.05) is 25.4 Å². The summed E-state index contributed by atoms with van der Waals surface area (Å²) < 4.78 is 5.45. The molecule has 0 atom stereocenters. The number of pyridine rings is 1. The first-order valence-electron chi connectivity index (χ1n) is 6.55.